The molecule has 1 saturated carbocycles. The van der Waals surface area contributed by atoms with Crippen molar-refractivity contribution in [2.75, 3.05) is 31.5 Å². The quantitative estimate of drug-likeness (QED) is 0.779. The van der Waals surface area contributed by atoms with Gasteiger partial charge in [0, 0.05) is 5.69 Å². The zero-order valence-electron chi connectivity index (χ0n) is 14.2. The zero-order valence-corrected chi connectivity index (χ0v) is 15.1. The highest BCUT2D eigenvalue weighted by Gasteiger charge is 2.31. The minimum atomic E-state index is -4.31. The van der Waals surface area contributed by atoms with Gasteiger partial charge >= 0.3 is 6.18 Å². The first-order chi connectivity index (χ1) is 11.9. The molecule has 7 heteroatoms. The Balaban J connectivity index is 1.49. The Hall–Kier alpha value is -1.34. The van der Waals surface area contributed by atoms with Crippen LogP contribution in [-0.2, 0) is 6.18 Å². The third-order valence-corrected chi connectivity index (χ3v) is 5.70. The Kier molecular flexibility index (Phi) is 5.84. The molecule has 1 aliphatic heterocycles. The summed E-state index contributed by atoms with van der Waals surface area (Å²) in [6.45, 7) is 3.97. The molecule has 2 aliphatic rings. The molecule has 3 nitrogen and oxygen atoms in total. The van der Waals surface area contributed by atoms with Crippen LogP contribution < -0.4 is 10.2 Å². The fourth-order valence-electron chi connectivity index (χ4n) is 3.86. The first-order valence-electron chi connectivity index (χ1n) is 9.01. The normalized spacial score (nSPS) is 20.5. The Morgan fingerprint density at radius 3 is 2.20 bits per heavy atom. The molecule has 2 fully saturated rings. The largest absolute Gasteiger partial charge is 0.416 e. The topological polar surface area (TPSA) is 19.7 Å². The number of halogens is 3. The Morgan fingerprint density at radius 1 is 1.04 bits per heavy atom. The summed E-state index contributed by atoms with van der Waals surface area (Å²) in [5.41, 5.74) is -0.0475. The maximum atomic E-state index is 12.6. The molecule has 1 aliphatic carbocycles. The maximum absolute atomic E-state index is 12.6. The molecule has 0 unspecified atom stereocenters. The lowest BCUT2D eigenvalue weighted by atomic mass is 9.94. The molecule has 1 aromatic carbocycles. The molecule has 1 saturated heterocycles. The smallest absolute Gasteiger partial charge is 0.338 e. The predicted octanol–water partition coefficient (Wildman–Crippen LogP) is 2.94. The van der Waals surface area contributed by atoms with Crippen molar-refractivity contribution in [3.05, 3.63) is 29.8 Å². The van der Waals surface area contributed by atoms with E-state index in [2.05, 4.69) is 10.2 Å². The van der Waals surface area contributed by atoms with Crippen molar-refractivity contribution in [3.63, 3.8) is 0 Å². The molecule has 0 aromatic heterocycles. The summed E-state index contributed by atoms with van der Waals surface area (Å²) in [5, 5.41) is 3.66. The number of nitrogens with zero attached hydrogens (tertiary/aromatic N) is 1. The maximum Gasteiger partial charge on any atom is 0.416 e. The van der Waals surface area contributed by atoms with Crippen molar-refractivity contribution >= 4 is 23.0 Å². The Morgan fingerprint density at radius 2 is 1.64 bits per heavy atom. The van der Waals surface area contributed by atoms with Crippen LogP contribution in [0, 0.1) is 0 Å². The monoisotopic (exact) mass is 372 g/mol. The third kappa shape index (κ3) is 4.85. The van der Waals surface area contributed by atoms with Crippen LogP contribution in [0.1, 0.15) is 37.7 Å². The highest BCUT2D eigenvalue weighted by atomic mass is 32.1. The Labute approximate surface area is 152 Å². The molecule has 2 N–H and O–H groups in total. The van der Waals surface area contributed by atoms with Gasteiger partial charge in [-0.2, -0.15) is 13.2 Å². The molecule has 0 atom stereocenters. The van der Waals surface area contributed by atoms with E-state index in [1.807, 2.05) is 0 Å². The van der Waals surface area contributed by atoms with Gasteiger partial charge in [0.1, 0.15) is 0 Å². The van der Waals surface area contributed by atoms with Crippen LogP contribution in [0.15, 0.2) is 24.3 Å². The van der Waals surface area contributed by atoms with Gasteiger partial charge in [-0.3, -0.25) is 0 Å². The van der Waals surface area contributed by atoms with E-state index >= 15 is 0 Å². The van der Waals surface area contributed by atoms with Crippen LogP contribution in [0.3, 0.4) is 0 Å². The van der Waals surface area contributed by atoms with E-state index < -0.39 is 11.7 Å². The number of alkyl halides is 3. The molecule has 0 bridgehead atoms. The van der Waals surface area contributed by atoms with Crippen molar-refractivity contribution < 1.29 is 18.1 Å². The van der Waals surface area contributed by atoms with Crippen molar-refractivity contribution in [3.8, 4) is 0 Å². The first-order valence-corrected chi connectivity index (χ1v) is 9.42. The molecule has 1 heterocycles. The second-order valence-corrected chi connectivity index (χ2v) is 7.37. The number of hydrogen-bond donors (Lipinski definition) is 2. The van der Waals surface area contributed by atoms with Crippen LogP contribution in [0.4, 0.5) is 18.9 Å². The lowest BCUT2D eigenvalue weighted by molar-refractivity contribution is -0.930. The van der Waals surface area contributed by atoms with Crippen molar-refractivity contribution in [1.82, 2.24) is 4.90 Å². The highest BCUT2D eigenvalue weighted by molar-refractivity contribution is 7.80. The summed E-state index contributed by atoms with van der Waals surface area (Å²) in [7, 11) is 0. The number of benzene rings is 1. The predicted molar refractivity (Wildman–Crippen MR) is 96.8 cm³/mol. The summed E-state index contributed by atoms with van der Waals surface area (Å²) in [4.78, 5) is 3.81. The van der Waals surface area contributed by atoms with Gasteiger partial charge in [-0.15, -0.1) is 0 Å². The van der Waals surface area contributed by atoms with Crippen LogP contribution in [0.2, 0.25) is 0 Å². The molecular formula is C18H25F3N3S+. The van der Waals surface area contributed by atoms with Crippen molar-refractivity contribution in [2.45, 2.75) is 44.3 Å². The zero-order chi connectivity index (χ0) is 17.9. The number of thiocarbonyl (C=S) groups is 1. The van der Waals surface area contributed by atoms with Crippen LogP contribution >= 0.6 is 12.2 Å². The van der Waals surface area contributed by atoms with E-state index in [-0.39, 0.29) is 0 Å². The van der Waals surface area contributed by atoms with E-state index in [0.717, 1.165) is 44.4 Å². The molecule has 3 rings (SSSR count). The average molecular weight is 372 g/mol. The molecule has 0 spiro atoms. The van der Waals surface area contributed by atoms with Crippen LogP contribution in [0.5, 0.6) is 0 Å². The average Bonchev–Trinajstić information content (AvgIpc) is 2.62. The van der Waals surface area contributed by atoms with Crippen molar-refractivity contribution in [1.29, 1.82) is 0 Å². The molecule has 25 heavy (non-hydrogen) atoms. The number of nitrogens with one attached hydrogen (secondary N) is 2. The SMILES string of the molecule is FC(F)(F)c1ccc(NC(=S)N2CC[NH+](C3CCCCC3)CC2)cc1. The summed E-state index contributed by atoms with van der Waals surface area (Å²) < 4.78 is 37.8. The van der Waals surface area contributed by atoms with Gasteiger partial charge in [-0.25, -0.2) is 0 Å². The van der Waals surface area contributed by atoms with Gasteiger partial charge in [0.05, 0.1) is 37.8 Å². The standard InChI is InChI=1S/C18H24F3N3S/c19-18(20,21)14-6-8-15(9-7-14)22-17(25)24-12-10-23(11-13-24)16-4-2-1-3-5-16/h6-9,16H,1-5,10-13H2,(H,22,25)/p+1. The number of quaternary nitrogens is 1. The molecule has 0 amide bonds. The van der Waals surface area contributed by atoms with E-state index in [9.17, 15) is 13.2 Å². The van der Waals surface area contributed by atoms with E-state index in [0.29, 0.717) is 10.8 Å². The first kappa shape index (κ1) is 18.5. The second-order valence-electron chi connectivity index (χ2n) is 6.99. The molecule has 1 aromatic rings. The summed E-state index contributed by atoms with van der Waals surface area (Å²) in [5.74, 6) is 0. The van der Waals surface area contributed by atoms with Crippen LogP contribution in [0.25, 0.3) is 0 Å². The van der Waals surface area contributed by atoms with Gasteiger partial charge in [0.25, 0.3) is 0 Å². The van der Waals surface area contributed by atoms with Crippen LogP contribution in [-0.4, -0.2) is 42.2 Å². The molecular weight excluding hydrogens is 347 g/mol. The number of hydrogen-bond acceptors (Lipinski definition) is 1. The lowest BCUT2D eigenvalue weighted by Crippen LogP contribution is -3.18. The van der Waals surface area contributed by atoms with Gasteiger partial charge in [-0.05, 0) is 62.2 Å². The van der Waals surface area contributed by atoms with Gasteiger partial charge in [-0.1, -0.05) is 6.42 Å². The Bertz CT molecular complexity index is 574. The van der Waals surface area contributed by atoms with E-state index in [1.165, 1.54) is 44.2 Å². The number of piperazine rings is 1. The summed E-state index contributed by atoms with van der Waals surface area (Å²) >= 11 is 5.44. The van der Waals surface area contributed by atoms with Gasteiger partial charge in [0.2, 0.25) is 0 Å². The van der Waals surface area contributed by atoms with Gasteiger partial charge < -0.3 is 15.1 Å². The fourth-order valence-corrected chi connectivity index (χ4v) is 4.16. The van der Waals surface area contributed by atoms with Gasteiger partial charge in [0.15, 0.2) is 5.11 Å². The second kappa shape index (κ2) is 7.91. The summed E-state index contributed by atoms with van der Waals surface area (Å²) in [6.07, 6.45) is 2.44. The molecule has 0 radical (unpaired) electrons. The minimum Gasteiger partial charge on any atom is -0.338 e. The molecule has 138 valence electrons. The fraction of sp³-hybridized carbons (Fsp3) is 0.611. The summed E-state index contributed by atoms with van der Waals surface area (Å²) in [6, 6.07) is 5.82. The number of rotatable bonds is 2. The van der Waals surface area contributed by atoms with E-state index in [4.69, 9.17) is 12.2 Å². The minimum absolute atomic E-state index is 0.597. The number of anilines is 1. The van der Waals surface area contributed by atoms with Crippen molar-refractivity contribution in [2.24, 2.45) is 0 Å². The highest BCUT2D eigenvalue weighted by Crippen LogP contribution is 2.29. The third-order valence-electron chi connectivity index (χ3n) is 5.34. The lowest BCUT2D eigenvalue weighted by Gasteiger charge is -2.38. The van der Waals surface area contributed by atoms with E-state index in [1.54, 1.807) is 4.90 Å².